The minimum absolute atomic E-state index is 0.366. The van der Waals surface area contributed by atoms with Crippen LogP contribution in [0.2, 0.25) is 0 Å². The first-order chi connectivity index (χ1) is 7.85. The molecule has 1 aliphatic rings. The zero-order valence-corrected chi connectivity index (χ0v) is 11.8. The Labute approximate surface area is 106 Å². The van der Waals surface area contributed by atoms with Crippen molar-refractivity contribution in [1.29, 1.82) is 0 Å². The van der Waals surface area contributed by atoms with E-state index in [-0.39, 0.29) is 0 Å². The van der Waals surface area contributed by atoms with Gasteiger partial charge >= 0.3 is 0 Å². The molecule has 1 unspecified atom stereocenters. The lowest BCUT2D eigenvalue weighted by Crippen LogP contribution is -2.38. The normalized spacial score (nSPS) is 24.5. The lowest BCUT2D eigenvalue weighted by Gasteiger charge is -2.37. The molecular formula is C14H30N2O. The summed E-state index contributed by atoms with van der Waals surface area (Å²) < 4.78 is 0. The second-order valence-electron chi connectivity index (χ2n) is 6.66. The summed E-state index contributed by atoms with van der Waals surface area (Å²) in [6, 6.07) is 0. The van der Waals surface area contributed by atoms with Gasteiger partial charge in [0, 0.05) is 6.54 Å². The number of nitrogens with zero attached hydrogens (tertiary/aromatic N) is 1. The van der Waals surface area contributed by atoms with Gasteiger partial charge in [0.25, 0.3) is 0 Å². The van der Waals surface area contributed by atoms with Crippen molar-refractivity contribution in [3.63, 3.8) is 0 Å². The summed E-state index contributed by atoms with van der Waals surface area (Å²) in [6.45, 7) is 10.6. The van der Waals surface area contributed by atoms with Crippen LogP contribution >= 0.6 is 0 Å². The highest BCUT2D eigenvalue weighted by atomic mass is 16.3. The zero-order chi connectivity index (χ0) is 12.9. The van der Waals surface area contributed by atoms with Crippen LogP contribution in [0.1, 0.15) is 52.9 Å². The van der Waals surface area contributed by atoms with Crippen molar-refractivity contribution in [1.82, 2.24) is 4.90 Å². The number of rotatable bonds is 6. The average molecular weight is 242 g/mol. The molecule has 1 atom stereocenters. The molecule has 0 spiro atoms. The molecule has 1 fully saturated rings. The van der Waals surface area contributed by atoms with Crippen LogP contribution in [0.4, 0.5) is 0 Å². The van der Waals surface area contributed by atoms with Gasteiger partial charge in [-0.05, 0) is 64.1 Å². The van der Waals surface area contributed by atoms with Gasteiger partial charge in [-0.1, -0.05) is 13.8 Å². The van der Waals surface area contributed by atoms with Crippen LogP contribution < -0.4 is 5.73 Å². The molecule has 1 saturated heterocycles. The molecule has 0 saturated carbocycles. The molecule has 1 heterocycles. The number of nitrogens with two attached hydrogens (primary N) is 1. The summed E-state index contributed by atoms with van der Waals surface area (Å²) in [5, 5.41) is 9.79. The number of piperidine rings is 1. The molecule has 0 radical (unpaired) electrons. The molecule has 0 aromatic rings. The fraction of sp³-hybridized carbons (Fsp3) is 1.00. The predicted octanol–water partition coefficient (Wildman–Crippen LogP) is 1.99. The van der Waals surface area contributed by atoms with Gasteiger partial charge in [0.1, 0.15) is 0 Å². The van der Waals surface area contributed by atoms with Gasteiger partial charge in [0.15, 0.2) is 0 Å². The Morgan fingerprint density at radius 3 is 2.35 bits per heavy atom. The monoisotopic (exact) mass is 242 g/mol. The molecule has 3 heteroatoms. The molecule has 17 heavy (non-hydrogen) atoms. The van der Waals surface area contributed by atoms with Crippen LogP contribution in [0, 0.1) is 5.41 Å². The van der Waals surface area contributed by atoms with Crippen LogP contribution in [-0.2, 0) is 0 Å². The number of hydrogen-bond acceptors (Lipinski definition) is 3. The number of hydrogen-bond donors (Lipinski definition) is 2. The highest BCUT2D eigenvalue weighted by Crippen LogP contribution is 2.29. The van der Waals surface area contributed by atoms with Gasteiger partial charge in [0.2, 0.25) is 0 Å². The molecule has 0 aromatic carbocycles. The van der Waals surface area contributed by atoms with Crippen LogP contribution in [0.3, 0.4) is 0 Å². The third-order valence-electron chi connectivity index (χ3n) is 4.09. The number of likely N-dealkylation sites (tertiary alicyclic amines) is 1. The van der Waals surface area contributed by atoms with Crippen molar-refractivity contribution in [2.75, 3.05) is 26.2 Å². The summed E-state index contributed by atoms with van der Waals surface area (Å²) in [7, 11) is 0. The Kier molecular flexibility index (Phi) is 5.42. The van der Waals surface area contributed by atoms with Gasteiger partial charge < -0.3 is 15.7 Å². The standard InChI is InChI=1S/C14H30N2O/c1-13(2)7-10-16(11-8-13)9-5-4-6-14(3,17)12-15/h17H,4-12,15H2,1-3H3. The SMILES string of the molecule is CC1(C)CCN(CCCCC(C)(O)CN)CC1. The van der Waals surface area contributed by atoms with Gasteiger partial charge in [-0.3, -0.25) is 0 Å². The van der Waals surface area contributed by atoms with Crippen LogP contribution in [0.5, 0.6) is 0 Å². The minimum Gasteiger partial charge on any atom is -0.389 e. The van der Waals surface area contributed by atoms with Crippen LogP contribution in [0.25, 0.3) is 0 Å². The summed E-state index contributed by atoms with van der Waals surface area (Å²) in [5.74, 6) is 0. The van der Waals surface area contributed by atoms with Crippen molar-refractivity contribution in [2.45, 2.75) is 58.5 Å². The maximum atomic E-state index is 9.79. The van der Waals surface area contributed by atoms with E-state index < -0.39 is 5.60 Å². The minimum atomic E-state index is -0.663. The van der Waals surface area contributed by atoms with E-state index in [0.29, 0.717) is 12.0 Å². The number of aliphatic hydroxyl groups is 1. The van der Waals surface area contributed by atoms with Gasteiger partial charge in [-0.2, -0.15) is 0 Å². The van der Waals surface area contributed by atoms with E-state index in [4.69, 9.17) is 5.73 Å². The van der Waals surface area contributed by atoms with E-state index >= 15 is 0 Å². The Morgan fingerprint density at radius 1 is 1.24 bits per heavy atom. The zero-order valence-electron chi connectivity index (χ0n) is 11.8. The molecule has 1 aliphatic heterocycles. The highest BCUT2D eigenvalue weighted by molar-refractivity contribution is 4.79. The Morgan fingerprint density at radius 2 is 1.82 bits per heavy atom. The second kappa shape index (κ2) is 6.17. The van der Waals surface area contributed by atoms with Crippen molar-refractivity contribution in [3.05, 3.63) is 0 Å². The molecule has 0 bridgehead atoms. The molecule has 102 valence electrons. The summed E-state index contributed by atoms with van der Waals surface area (Å²) in [5.41, 5.74) is 5.38. The maximum Gasteiger partial charge on any atom is 0.0741 e. The predicted molar refractivity (Wildman–Crippen MR) is 73.0 cm³/mol. The van der Waals surface area contributed by atoms with E-state index in [1.54, 1.807) is 0 Å². The maximum absolute atomic E-state index is 9.79. The Balaban J connectivity index is 2.08. The Bertz CT molecular complexity index is 216. The topological polar surface area (TPSA) is 49.5 Å². The Hall–Kier alpha value is -0.120. The summed E-state index contributed by atoms with van der Waals surface area (Å²) >= 11 is 0. The fourth-order valence-electron chi connectivity index (χ4n) is 2.33. The van der Waals surface area contributed by atoms with Crippen molar-refractivity contribution < 1.29 is 5.11 Å². The van der Waals surface area contributed by atoms with Gasteiger partial charge in [-0.15, -0.1) is 0 Å². The molecule has 3 N–H and O–H groups in total. The van der Waals surface area contributed by atoms with E-state index in [1.165, 1.54) is 38.9 Å². The van der Waals surface area contributed by atoms with Crippen molar-refractivity contribution >= 4 is 0 Å². The first kappa shape index (κ1) is 14.9. The quantitative estimate of drug-likeness (QED) is 0.700. The van der Waals surface area contributed by atoms with E-state index in [9.17, 15) is 5.11 Å². The largest absolute Gasteiger partial charge is 0.389 e. The molecule has 0 amide bonds. The third-order valence-corrected chi connectivity index (χ3v) is 4.09. The van der Waals surface area contributed by atoms with Crippen LogP contribution in [0.15, 0.2) is 0 Å². The first-order valence-electron chi connectivity index (χ1n) is 6.99. The smallest absolute Gasteiger partial charge is 0.0741 e. The molecule has 3 nitrogen and oxygen atoms in total. The van der Waals surface area contributed by atoms with Crippen molar-refractivity contribution in [2.24, 2.45) is 11.1 Å². The van der Waals surface area contributed by atoms with E-state index in [2.05, 4.69) is 18.7 Å². The van der Waals surface area contributed by atoms with Gasteiger partial charge in [-0.25, -0.2) is 0 Å². The lowest BCUT2D eigenvalue weighted by molar-refractivity contribution is 0.0553. The average Bonchev–Trinajstić information content (AvgIpc) is 2.26. The molecule has 1 rings (SSSR count). The highest BCUT2D eigenvalue weighted by Gasteiger charge is 2.25. The molecule has 0 aliphatic carbocycles. The van der Waals surface area contributed by atoms with Crippen molar-refractivity contribution in [3.8, 4) is 0 Å². The summed E-state index contributed by atoms with van der Waals surface area (Å²) in [4.78, 5) is 2.56. The van der Waals surface area contributed by atoms with E-state index in [0.717, 1.165) is 12.8 Å². The third kappa shape index (κ3) is 5.84. The molecular weight excluding hydrogens is 212 g/mol. The molecule has 0 aromatic heterocycles. The second-order valence-corrected chi connectivity index (χ2v) is 6.66. The number of unbranched alkanes of at least 4 members (excludes halogenated alkanes) is 1. The lowest BCUT2D eigenvalue weighted by atomic mass is 9.82. The van der Waals surface area contributed by atoms with E-state index in [1.807, 2.05) is 6.92 Å². The summed E-state index contributed by atoms with van der Waals surface area (Å²) in [6.07, 6.45) is 5.70. The fourth-order valence-corrected chi connectivity index (χ4v) is 2.33. The van der Waals surface area contributed by atoms with Crippen LogP contribution in [-0.4, -0.2) is 41.8 Å². The first-order valence-corrected chi connectivity index (χ1v) is 6.99. The van der Waals surface area contributed by atoms with Gasteiger partial charge in [0.05, 0.1) is 5.60 Å².